The average molecular weight is 356 g/mol. The molecule has 6 nitrogen and oxygen atoms in total. The predicted octanol–water partition coefficient (Wildman–Crippen LogP) is 4.17. The van der Waals surface area contributed by atoms with E-state index in [-0.39, 0.29) is 21.8 Å². The number of hydrogen-bond donors (Lipinski definition) is 2. The number of aromatic nitrogens is 1. The van der Waals surface area contributed by atoms with Crippen molar-refractivity contribution in [2.45, 2.75) is 6.92 Å². The van der Waals surface area contributed by atoms with E-state index in [0.29, 0.717) is 18.0 Å². The van der Waals surface area contributed by atoms with E-state index in [2.05, 4.69) is 10.3 Å². The molecule has 0 atom stereocenters. The van der Waals surface area contributed by atoms with Crippen LogP contribution in [0.1, 0.15) is 17.4 Å². The van der Waals surface area contributed by atoms with Crippen molar-refractivity contribution >= 4 is 46.6 Å². The zero-order chi connectivity index (χ0) is 17.0. The summed E-state index contributed by atoms with van der Waals surface area (Å²) >= 11 is 11.6. The van der Waals surface area contributed by atoms with E-state index in [1.807, 2.05) is 0 Å². The van der Waals surface area contributed by atoms with Gasteiger partial charge in [0.1, 0.15) is 10.8 Å². The fourth-order valence-electron chi connectivity index (χ4n) is 1.82. The summed E-state index contributed by atoms with van der Waals surface area (Å²) in [5.41, 5.74) is 1.47. The number of carbonyl (C=O) groups excluding carboxylic acids is 2. The molecule has 1 aromatic carbocycles. The van der Waals surface area contributed by atoms with E-state index in [9.17, 15) is 9.59 Å². The molecule has 2 amide bonds. The second-order valence-electron chi connectivity index (χ2n) is 4.60. The standard InChI is InChI=1S/C15H15Cl2N3O3/c1-3-23-15(22)20(2)10-6-4-9(5-7-10)18-14(21)12-8-11(16)13(17)19-12/h4-8,19H,3H2,1-2H3,(H,18,21). The number of amides is 2. The van der Waals surface area contributed by atoms with Crippen LogP contribution in [0.25, 0.3) is 0 Å². The van der Waals surface area contributed by atoms with E-state index in [1.54, 1.807) is 38.2 Å². The summed E-state index contributed by atoms with van der Waals surface area (Å²) in [4.78, 5) is 27.7. The van der Waals surface area contributed by atoms with Gasteiger partial charge < -0.3 is 15.0 Å². The molecule has 0 saturated heterocycles. The van der Waals surface area contributed by atoms with Crippen molar-refractivity contribution in [1.29, 1.82) is 0 Å². The summed E-state index contributed by atoms with van der Waals surface area (Å²) in [5.74, 6) is -0.370. The summed E-state index contributed by atoms with van der Waals surface area (Å²) in [5, 5.41) is 3.19. The van der Waals surface area contributed by atoms with Crippen molar-refractivity contribution in [3.05, 3.63) is 46.2 Å². The minimum absolute atomic E-state index is 0.211. The summed E-state index contributed by atoms with van der Waals surface area (Å²) in [6.45, 7) is 2.04. The van der Waals surface area contributed by atoms with Crippen LogP contribution in [-0.2, 0) is 4.74 Å². The first kappa shape index (κ1) is 17.2. The van der Waals surface area contributed by atoms with E-state index >= 15 is 0 Å². The van der Waals surface area contributed by atoms with Gasteiger partial charge in [-0.1, -0.05) is 23.2 Å². The van der Waals surface area contributed by atoms with Gasteiger partial charge in [-0.25, -0.2) is 4.79 Å². The monoisotopic (exact) mass is 355 g/mol. The molecule has 23 heavy (non-hydrogen) atoms. The van der Waals surface area contributed by atoms with Crippen LogP contribution in [0.2, 0.25) is 10.2 Å². The van der Waals surface area contributed by atoms with Crippen molar-refractivity contribution in [3.8, 4) is 0 Å². The highest BCUT2D eigenvalue weighted by atomic mass is 35.5. The Labute approximate surface area is 143 Å². The normalized spacial score (nSPS) is 10.3. The molecule has 0 aliphatic heterocycles. The molecular formula is C15H15Cl2N3O3. The molecular weight excluding hydrogens is 341 g/mol. The zero-order valence-electron chi connectivity index (χ0n) is 12.5. The number of hydrogen-bond acceptors (Lipinski definition) is 3. The van der Waals surface area contributed by atoms with E-state index in [4.69, 9.17) is 27.9 Å². The van der Waals surface area contributed by atoms with E-state index in [1.165, 1.54) is 11.0 Å². The molecule has 2 rings (SSSR count). The fourth-order valence-corrected chi connectivity index (χ4v) is 2.13. The summed E-state index contributed by atoms with van der Waals surface area (Å²) < 4.78 is 4.91. The first-order valence-electron chi connectivity index (χ1n) is 6.78. The number of carbonyl (C=O) groups is 2. The van der Waals surface area contributed by atoms with Gasteiger partial charge in [0.2, 0.25) is 0 Å². The second kappa shape index (κ2) is 7.39. The molecule has 0 unspecified atom stereocenters. The highest BCUT2D eigenvalue weighted by Crippen LogP contribution is 2.23. The molecule has 2 N–H and O–H groups in total. The van der Waals surface area contributed by atoms with Crippen LogP contribution in [0.4, 0.5) is 16.2 Å². The van der Waals surface area contributed by atoms with Crippen molar-refractivity contribution < 1.29 is 14.3 Å². The minimum atomic E-state index is -0.444. The van der Waals surface area contributed by atoms with Crippen molar-refractivity contribution in [3.63, 3.8) is 0 Å². The molecule has 0 saturated carbocycles. The third-order valence-corrected chi connectivity index (χ3v) is 3.72. The number of halogens is 2. The van der Waals surface area contributed by atoms with Gasteiger partial charge in [-0.3, -0.25) is 9.69 Å². The zero-order valence-corrected chi connectivity index (χ0v) is 14.0. The molecule has 8 heteroatoms. The number of benzene rings is 1. The predicted molar refractivity (Wildman–Crippen MR) is 90.6 cm³/mol. The van der Waals surface area contributed by atoms with Crippen molar-refractivity contribution in [2.75, 3.05) is 23.9 Å². The lowest BCUT2D eigenvalue weighted by Crippen LogP contribution is -2.26. The highest BCUT2D eigenvalue weighted by molar-refractivity contribution is 6.41. The van der Waals surface area contributed by atoms with Crippen LogP contribution in [-0.4, -0.2) is 30.6 Å². The van der Waals surface area contributed by atoms with Gasteiger partial charge >= 0.3 is 6.09 Å². The Hall–Kier alpha value is -2.18. The minimum Gasteiger partial charge on any atom is -0.449 e. The second-order valence-corrected chi connectivity index (χ2v) is 5.39. The van der Waals surface area contributed by atoms with Gasteiger partial charge in [-0.15, -0.1) is 0 Å². The summed E-state index contributed by atoms with van der Waals surface area (Å²) in [6.07, 6.45) is -0.444. The lowest BCUT2D eigenvalue weighted by Gasteiger charge is -2.16. The molecule has 0 bridgehead atoms. The maximum Gasteiger partial charge on any atom is 0.413 e. The number of anilines is 2. The lowest BCUT2D eigenvalue weighted by molar-refractivity contribution is 0.102. The number of ether oxygens (including phenoxy) is 1. The number of nitrogens with zero attached hydrogens (tertiary/aromatic N) is 1. The molecule has 0 aliphatic rings. The molecule has 2 aromatic rings. The molecule has 1 aromatic heterocycles. The Kier molecular flexibility index (Phi) is 5.52. The smallest absolute Gasteiger partial charge is 0.413 e. The SMILES string of the molecule is CCOC(=O)N(C)c1ccc(NC(=O)c2cc(Cl)c(Cl)[nH]2)cc1. The van der Waals surface area contributed by atoms with Crippen LogP contribution < -0.4 is 10.2 Å². The van der Waals surface area contributed by atoms with Crippen molar-refractivity contribution in [1.82, 2.24) is 4.98 Å². The average Bonchev–Trinajstić information content (AvgIpc) is 2.87. The van der Waals surface area contributed by atoms with Crippen LogP contribution in [0.15, 0.2) is 30.3 Å². The summed E-state index contributed by atoms with van der Waals surface area (Å²) in [6, 6.07) is 8.19. The molecule has 0 fully saturated rings. The molecule has 0 aliphatic carbocycles. The Morgan fingerprint density at radius 2 is 1.91 bits per heavy atom. The van der Waals surface area contributed by atoms with Gasteiger partial charge in [0.25, 0.3) is 5.91 Å². The number of nitrogens with one attached hydrogen (secondary N) is 2. The Balaban J connectivity index is 2.05. The third-order valence-electron chi connectivity index (χ3n) is 3.02. The largest absolute Gasteiger partial charge is 0.449 e. The number of H-pyrrole nitrogens is 1. The first-order chi connectivity index (χ1) is 10.9. The topological polar surface area (TPSA) is 74.4 Å². The van der Waals surface area contributed by atoms with E-state index < -0.39 is 6.09 Å². The van der Waals surface area contributed by atoms with Crippen LogP contribution in [0, 0.1) is 0 Å². The van der Waals surface area contributed by atoms with Crippen LogP contribution in [0.3, 0.4) is 0 Å². The Bertz CT molecular complexity index is 694. The van der Waals surface area contributed by atoms with Gasteiger partial charge in [0.05, 0.1) is 11.6 Å². The van der Waals surface area contributed by atoms with Crippen LogP contribution >= 0.6 is 23.2 Å². The Morgan fingerprint density at radius 1 is 1.26 bits per heavy atom. The third kappa shape index (κ3) is 4.18. The van der Waals surface area contributed by atoms with Gasteiger partial charge in [0.15, 0.2) is 0 Å². The lowest BCUT2D eigenvalue weighted by atomic mass is 10.2. The van der Waals surface area contributed by atoms with Gasteiger partial charge in [-0.05, 0) is 37.3 Å². The highest BCUT2D eigenvalue weighted by Gasteiger charge is 2.13. The van der Waals surface area contributed by atoms with E-state index in [0.717, 1.165) is 0 Å². The summed E-state index contributed by atoms with van der Waals surface area (Å²) in [7, 11) is 1.61. The molecule has 122 valence electrons. The van der Waals surface area contributed by atoms with Crippen molar-refractivity contribution in [2.24, 2.45) is 0 Å². The van der Waals surface area contributed by atoms with Gasteiger partial charge in [-0.2, -0.15) is 0 Å². The number of aromatic amines is 1. The molecule has 0 radical (unpaired) electrons. The first-order valence-corrected chi connectivity index (χ1v) is 7.54. The van der Waals surface area contributed by atoms with Gasteiger partial charge in [0, 0.05) is 18.4 Å². The molecule has 1 heterocycles. The number of rotatable bonds is 4. The quantitative estimate of drug-likeness (QED) is 0.864. The van der Waals surface area contributed by atoms with Crippen LogP contribution in [0.5, 0.6) is 0 Å². The Morgan fingerprint density at radius 3 is 2.43 bits per heavy atom. The maximum atomic E-state index is 12.0. The maximum absolute atomic E-state index is 12.0. The molecule has 0 spiro atoms. The fraction of sp³-hybridized carbons (Fsp3) is 0.200.